The van der Waals surface area contributed by atoms with Crippen LogP contribution in [0.15, 0.2) is 327 Å². The van der Waals surface area contributed by atoms with Gasteiger partial charge in [-0.3, -0.25) is 13.7 Å². The maximum atomic E-state index is 10.6. The molecule has 3 aromatic heterocycles. The summed E-state index contributed by atoms with van der Waals surface area (Å²) in [7, 11) is 0. The SMILES string of the molecule is [2H]c1c([2H])c([2H])c(-c2ccc3c(c2)n(-c2cccc(Oc4ccc5c6ccccc6n(-c6cc(C([2H])([2H])[2H])c(-c7c([2H])c([2H])c([2H])c([2H])c7[2H])cn6)c5c4)c2)[c-][n+]3-c2c(-c3c([2H])c(-c4c([2H])c([2H])c([2H])c([2H])c4[2H])c([2H])c(-c4c([2H])c([2H])c([2H])c([2H])c4[2H])c3[2H])cc(C([2H])([2H])[2H])cc2-c2c([2H])c(-c3c([2H])c([2H])c([2H])c([2H])c3[2H])c([2H])c(-c3c([2H])c([2H])c([2H])c([2H])c3[2H])c2[2H])c([2H])c1[2H]. The number of ether oxygens (including phenoxy) is 1. The smallest absolute Gasteiger partial charge is 0.269 e. The molecule has 0 saturated carbocycles. The first kappa shape index (κ1) is 26.0. The van der Waals surface area contributed by atoms with Crippen molar-refractivity contribution in [3.63, 3.8) is 0 Å². The maximum Gasteiger partial charge on any atom is 0.269 e. The third-order valence-corrected chi connectivity index (χ3v) is 14.7. The first-order valence-corrected chi connectivity index (χ1v) is 27.5. The normalized spacial score (nSPS) is 18.2. The van der Waals surface area contributed by atoms with E-state index in [0.717, 1.165) is 22.9 Å². The summed E-state index contributed by atoms with van der Waals surface area (Å²) in [6, 6.07) is -13.0. The molecule has 0 fully saturated rings. The number of hydrogen-bond acceptors (Lipinski definition) is 2. The zero-order chi connectivity index (χ0) is 97.1. The number of aromatic nitrogens is 4. The highest BCUT2D eigenvalue weighted by Gasteiger charge is 2.24. The lowest BCUT2D eigenvalue weighted by atomic mass is 9.87. The number of fused-ring (bicyclic) bond motifs is 4. The predicted octanol–water partition coefficient (Wildman–Crippen LogP) is 21.9. The van der Waals surface area contributed by atoms with Crippen molar-refractivity contribution in [1.82, 2.24) is 14.1 Å². The molecule has 0 aliphatic carbocycles. The molecule has 91 heavy (non-hydrogen) atoms. The molecule has 0 spiro atoms. The molecule has 430 valence electrons. The summed E-state index contributed by atoms with van der Waals surface area (Å²) in [5.41, 5.74) is -15.5. The molecule has 0 atom stereocenters. The number of rotatable bonds is 13. The Hall–Kier alpha value is -11.9. The fourth-order valence-electron chi connectivity index (χ4n) is 10.7. The minimum absolute atomic E-state index is 0.0243. The molecule has 0 bridgehead atoms. The average molecular weight is 1210 g/mol. The Kier molecular flexibility index (Phi) is 6.67. The molecule has 5 nitrogen and oxygen atoms in total. The van der Waals surface area contributed by atoms with E-state index in [9.17, 15) is 26.0 Å². The van der Waals surface area contributed by atoms with Gasteiger partial charge in [0.15, 0.2) is 0 Å². The molecular formula is C86H60N4O. The second-order valence-electron chi connectivity index (χ2n) is 20.1. The predicted molar refractivity (Wildman–Crippen MR) is 375 cm³/mol. The second kappa shape index (κ2) is 23.3. The van der Waals surface area contributed by atoms with Crippen molar-refractivity contribution >= 4 is 32.8 Å². The Balaban J connectivity index is 1.06. The zero-order valence-electron chi connectivity index (χ0n) is 88.6. The van der Waals surface area contributed by atoms with Crippen LogP contribution in [-0.4, -0.2) is 14.1 Å². The molecule has 0 unspecified atom stereocenters. The molecule has 3 heterocycles. The molecule has 5 heteroatoms. The van der Waals surface area contributed by atoms with Gasteiger partial charge in [0.1, 0.15) is 17.3 Å². The summed E-state index contributed by atoms with van der Waals surface area (Å²) in [5.74, 6) is -0.0312. The van der Waals surface area contributed by atoms with Crippen LogP contribution in [0.5, 0.6) is 11.5 Å². The largest absolute Gasteiger partial charge is 0.458 e. The first-order valence-electron chi connectivity index (χ1n) is 48.5. The van der Waals surface area contributed by atoms with Gasteiger partial charge in [0.05, 0.1) is 82.8 Å². The molecule has 0 saturated heterocycles. The highest BCUT2D eigenvalue weighted by atomic mass is 16.5. The van der Waals surface area contributed by atoms with Gasteiger partial charge in [0.25, 0.3) is 6.33 Å². The van der Waals surface area contributed by atoms with Crippen LogP contribution in [0.3, 0.4) is 0 Å². The average Bonchev–Trinajstić information content (AvgIpc) is 1.60. The summed E-state index contributed by atoms with van der Waals surface area (Å²) in [6.45, 7) is -6.58. The van der Waals surface area contributed by atoms with Gasteiger partial charge in [-0.25, -0.2) is 4.98 Å². The van der Waals surface area contributed by atoms with E-state index >= 15 is 0 Å². The topological polar surface area (TPSA) is 35.9 Å². The van der Waals surface area contributed by atoms with Crippen molar-refractivity contribution < 1.29 is 66.9 Å². The molecule has 16 rings (SSSR count). The molecule has 0 amide bonds. The molecule has 13 aromatic carbocycles. The van der Waals surface area contributed by atoms with E-state index in [1.807, 2.05) is 0 Å². The van der Waals surface area contributed by atoms with Crippen molar-refractivity contribution in [1.29, 1.82) is 0 Å². The van der Waals surface area contributed by atoms with Crippen LogP contribution in [0, 0.1) is 20.0 Å². The number of imidazole rings is 1. The van der Waals surface area contributed by atoms with Gasteiger partial charge < -0.3 is 4.74 Å². The molecule has 0 aliphatic heterocycles. The van der Waals surface area contributed by atoms with Gasteiger partial charge in [-0.05, 0) is 188 Å². The minimum atomic E-state index is -3.58. The lowest BCUT2D eigenvalue weighted by molar-refractivity contribution is -0.571. The van der Waals surface area contributed by atoms with Crippen molar-refractivity contribution in [3.05, 3.63) is 344 Å². The number of para-hydroxylation sites is 1. The highest BCUT2D eigenvalue weighted by Crippen LogP contribution is 2.43. The quantitative estimate of drug-likeness (QED) is 0.0852. The second-order valence-corrected chi connectivity index (χ2v) is 20.1. The van der Waals surface area contributed by atoms with Crippen LogP contribution in [0.2, 0.25) is 0 Å². The van der Waals surface area contributed by atoms with Crippen molar-refractivity contribution in [2.75, 3.05) is 0 Å². The molecule has 0 radical (unpaired) electrons. The van der Waals surface area contributed by atoms with E-state index in [2.05, 4.69) is 11.3 Å². The van der Waals surface area contributed by atoms with Crippen LogP contribution in [0.4, 0.5) is 0 Å². The summed E-state index contributed by atoms with van der Waals surface area (Å²) in [5, 5.41) is 1.15. The van der Waals surface area contributed by atoms with Gasteiger partial charge >= 0.3 is 0 Å². The molecule has 0 N–H and O–H groups in total. The third-order valence-electron chi connectivity index (χ3n) is 14.7. The number of aryl methyl sites for hydroxylation is 2. The fourth-order valence-corrected chi connectivity index (χ4v) is 10.7. The van der Waals surface area contributed by atoms with Gasteiger partial charge in [-0.1, -0.05) is 235 Å². The van der Waals surface area contributed by atoms with Gasteiger partial charge in [-0.15, -0.1) is 0 Å². The highest BCUT2D eigenvalue weighted by molar-refractivity contribution is 6.09. The Morgan fingerprint density at radius 3 is 1.45 bits per heavy atom. The standard InChI is InChI=1S/C86H60N4O/c1-58-44-78(71-49-67(61-26-11-4-12-27-61)47-68(50-71)62-28-13-5-14-29-62)86(79(45-58)72-51-69(63-30-15-6-16-31-63)48-70(52-72)64-32-17-7-18-33-64)89-57-88(84-53-66(40-43-82(84)89)60-24-9-3-10-25-60)73-36-23-37-74(54-73)91-75-41-42-77-76-38-21-22-39-81(76)90(83(77)55-75)85-46-59(2)80(56-87-85)65-34-19-8-20-35-65/h3-56H,1-2H3/i1D3,2D3,3D,4D,5D,6D,7D,8D,9D,10D,11D,12D,13D,14D,15D,16D,17D,18D,19D,20D,24D,25D,26D,27D,28D,29D,30D,31D,32D,33D,34D,35D,47D,48D,49D,50D,51D,52D. The number of nitrogens with zero attached hydrogens (tertiary/aromatic N) is 4. The van der Waals surface area contributed by atoms with Crippen LogP contribution in [-0.2, 0) is 0 Å². The Morgan fingerprint density at radius 1 is 0.396 bits per heavy atom. The van der Waals surface area contributed by atoms with E-state index in [4.69, 9.17) is 36.3 Å². The zero-order valence-corrected chi connectivity index (χ0v) is 46.6. The summed E-state index contributed by atoms with van der Waals surface area (Å²) >= 11 is 0. The van der Waals surface area contributed by atoms with E-state index in [0.29, 0.717) is 21.8 Å². The number of pyridine rings is 1. The van der Waals surface area contributed by atoms with E-state index < -0.39 is 326 Å². The Morgan fingerprint density at radius 2 is 0.901 bits per heavy atom. The molecule has 16 aromatic rings. The molecule has 0 aliphatic rings. The summed E-state index contributed by atoms with van der Waals surface area (Å²) in [6.07, 6.45) is 4.28. The van der Waals surface area contributed by atoms with Gasteiger partial charge in [-0.2, -0.15) is 0 Å². The van der Waals surface area contributed by atoms with Crippen LogP contribution in [0.25, 0.3) is 139 Å². The summed E-state index contributed by atoms with van der Waals surface area (Å²) < 4.78 is 397. The van der Waals surface area contributed by atoms with Crippen molar-refractivity contribution in [2.24, 2.45) is 0 Å². The number of benzene rings is 13. The van der Waals surface area contributed by atoms with Crippen LogP contribution in [0.1, 0.15) is 68.7 Å². The Bertz CT molecular complexity index is 7310. The minimum Gasteiger partial charge on any atom is -0.458 e. The lowest BCUT2D eigenvalue weighted by Gasteiger charge is -2.21. The van der Waals surface area contributed by atoms with Gasteiger partial charge in [0, 0.05) is 36.8 Å². The summed E-state index contributed by atoms with van der Waals surface area (Å²) in [4.78, 5) is 4.67. The monoisotopic (exact) mass is 1210 g/mol. The number of hydrogen-bond donors (Lipinski definition) is 0. The van der Waals surface area contributed by atoms with E-state index in [1.165, 1.54) is 53.1 Å². The van der Waals surface area contributed by atoms with Crippen molar-refractivity contribution in [2.45, 2.75) is 13.7 Å². The fraction of sp³-hybridized carbons (Fsp3) is 0.0233. The molecular weight excluding hydrogens is 1100 g/mol. The lowest BCUT2D eigenvalue weighted by Crippen LogP contribution is -2.31. The van der Waals surface area contributed by atoms with Gasteiger partial charge in [0.2, 0.25) is 0 Å². The third kappa shape index (κ3) is 10.4. The first-order chi connectivity index (χ1) is 62.3. The van der Waals surface area contributed by atoms with Crippen LogP contribution >= 0.6 is 0 Å². The van der Waals surface area contributed by atoms with E-state index in [1.54, 1.807) is 47.0 Å². The van der Waals surface area contributed by atoms with Crippen LogP contribution < -0.4 is 9.30 Å². The van der Waals surface area contributed by atoms with E-state index in [-0.39, 0.29) is 45.2 Å². The van der Waals surface area contributed by atoms with Crippen molar-refractivity contribution in [3.8, 4) is 118 Å². The maximum absolute atomic E-state index is 10.6. The Labute approximate surface area is 589 Å².